The van der Waals surface area contributed by atoms with Crippen molar-refractivity contribution in [3.05, 3.63) is 34.3 Å². The molecule has 1 heterocycles. The number of ether oxygens (including phenoxy) is 1. The lowest BCUT2D eigenvalue weighted by Gasteiger charge is -2.06. The van der Waals surface area contributed by atoms with Crippen LogP contribution in [0.3, 0.4) is 0 Å². The van der Waals surface area contributed by atoms with Crippen LogP contribution in [0.5, 0.6) is 11.8 Å². The summed E-state index contributed by atoms with van der Waals surface area (Å²) in [5.74, 6) is -2.20. The normalized spacial score (nSPS) is 10.4. The monoisotopic (exact) mass is 315 g/mol. The van der Waals surface area contributed by atoms with Crippen LogP contribution >= 0.6 is 15.9 Å². The second-order valence-corrected chi connectivity index (χ2v) is 4.14. The Labute approximate surface area is 109 Å². The maximum Gasteiger partial charge on any atom is 0.341 e. The average molecular weight is 316 g/mol. The van der Waals surface area contributed by atoms with Crippen LogP contribution in [-0.4, -0.2) is 25.8 Å². The van der Waals surface area contributed by atoms with Crippen LogP contribution in [0, 0.1) is 5.82 Å². The SMILES string of the molecule is Cn1cnc(Oc2ccc(C(=O)O)c(Br)c2F)n1. The van der Waals surface area contributed by atoms with Crippen molar-refractivity contribution >= 4 is 21.9 Å². The first-order valence-electron chi connectivity index (χ1n) is 4.74. The Morgan fingerprint density at radius 2 is 2.28 bits per heavy atom. The third-order valence-electron chi connectivity index (χ3n) is 2.06. The van der Waals surface area contributed by atoms with Crippen LogP contribution in [0.2, 0.25) is 0 Å². The van der Waals surface area contributed by atoms with Gasteiger partial charge in [0.05, 0.1) is 10.0 Å². The van der Waals surface area contributed by atoms with Gasteiger partial charge in [-0.3, -0.25) is 4.68 Å². The number of carbonyl (C=O) groups is 1. The van der Waals surface area contributed by atoms with E-state index in [9.17, 15) is 9.18 Å². The lowest BCUT2D eigenvalue weighted by molar-refractivity contribution is 0.0695. The Morgan fingerprint density at radius 3 is 2.83 bits per heavy atom. The van der Waals surface area contributed by atoms with Gasteiger partial charge in [0.25, 0.3) is 0 Å². The molecule has 0 aliphatic carbocycles. The zero-order valence-corrected chi connectivity index (χ0v) is 10.7. The molecule has 0 fully saturated rings. The van der Waals surface area contributed by atoms with Crippen LogP contribution in [0.1, 0.15) is 10.4 Å². The van der Waals surface area contributed by atoms with Gasteiger partial charge in [-0.1, -0.05) is 0 Å². The Hall–Kier alpha value is -1.96. The van der Waals surface area contributed by atoms with E-state index in [2.05, 4.69) is 26.0 Å². The highest BCUT2D eigenvalue weighted by molar-refractivity contribution is 9.10. The second kappa shape index (κ2) is 4.73. The first-order chi connectivity index (χ1) is 8.49. The van der Waals surface area contributed by atoms with E-state index in [4.69, 9.17) is 9.84 Å². The van der Waals surface area contributed by atoms with Crippen molar-refractivity contribution in [1.82, 2.24) is 14.8 Å². The number of nitrogens with zero attached hydrogens (tertiary/aromatic N) is 3. The van der Waals surface area contributed by atoms with Gasteiger partial charge in [-0.2, -0.15) is 4.98 Å². The Kier molecular flexibility index (Phi) is 3.28. The van der Waals surface area contributed by atoms with Crippen molar-refractivity contribution in [1.29, 1.82) is 0 Å². The summed E-state index contributed by atoms with van der Waals surface area (Å²) < 4.78 is 20.1. The van der Waals surface area contributed by atoms with Crippen molar-refractivity contribution in [2.75, 3.05) is 0 Å². The van der Waals surface area contributed by atoms with E-state index in [0.29, 0.717) is 0 Å². The highest BCUT2D eigenvalue weighted by Crippen LogP contribution is 2.30. The highest BCUT2D eigenvalue weighted by Gasteiger charge is 2.17. The van der Waals surface area contributed by atoms with E-state index in [1.54, 1.807) is 7.05 Å². The molecule has 0 aliphatic rings. The van der Waals surface area contributed by atoms with E-state index in [1.165, 1.54) is 23.1 Å². The Bertz CT molecular complexity index is 614. The maximum absolute atomic E-state index is 13.8. The molecule has 1 N–H and O–H groups in total. The van der Waals surface area contributed by atoms with Crippen molar-refractivity contribution in [2.24, 2.45) is 7.05 Å². The molecule has 0 spiro atoms. The summed E-state index contributed by atoms with van der Waals surface area (Å²) >= 11 is 2.87. The third kappa shape index (κ3) is 2.33. The van der Waals surface area contributed by atoms with Crippen LogP contribution in [-0.2, 0) is 7.05 Å². The molecule has 0 unspecified atom stereocenters. The van der Waals surface area contributed by atoms with Crippen LogP contribution < -0.4 is 4.74 Å². The Balaban J connectivity index is 2.35. The summed E-state index contributed by atoms with van der Waals surface area (Å²) in [6.07, 6.45) is 1.40. The number of aromatic carboxylic acids is 1. The van der Waals surface area contributed by atoms with Crippen LogP contribution in [0.25, 0.3) is 0 Å². The van der Waals surface area contributed by atoms with Crippen molar-refractivity contribution in [2.45, 2.75) is 0 Å². The zero-order chi connectivity index (χ0) is 13.3. The summed E-state index contributed by atoms with van der Waals surface area (Å²) in [6, 6.07) is 2.42. The number of rotatable bonds is 3. The van der Waals surface area contributed by atoms with Gasteiger partial charge in [-0.15, -0.1) is 5.10 Å². The largest absolute Gasteiger partial charge is 0.478 e. The predicted molar refractivity (Wildman–Crippen MR) is 62.1 cm³/mol. The summed E-state index contributed by atoms with van der Waals surface area (Å²) in [6.45, 7) is 0. The summed E-state index contributed by atoms with van der Waals surface area (Å²) in [5.41, 5.74) is -0.186. The molecule has 8 heteroatoms. The molecule has 0 saturated carbocycles. The number of hydrogen-bond donors (Lipinski definition) is 1. The topological polar surface area (TPSA) is 77.2 Å². The molecule has 0 radical (unpaired) electrons. The smallest absolute Gasteiger partial charge is 0.341 e. The minimum Gasteiger partial charge on any atom is -0.478 e. The number of benzene rings is 1. The molecular formula is C10H7BrFN3O3. The number of aromatic nitrogens is 3. The molecule has 1 aromatic carbocycles. The molecule has 0 aliphatic heterocycles. The first-order valence-corrected chi connectivity index (χ1v) is 5.53. The standard InChI is InChI=1S/C10H7BrFN3O3/c1-15-4-13-10(14-15)18-6-3-2-5(9(16)17)7(11)8(6)12/h2-4H,1H3,(H,16,17). The summed E-state index contributed by atoms with van der Waals surface area (Å²) in [5, 5.41) is 12.6. The third-order valence-corrected chi connectivity index (χ3v) is 2.83. The number of carboxylic acid groups (broad SMARTS) is 1. The van der Waals surface area contributed by atoms with Gasteiger partial charge in [-0.05, 0) is 28.1 Å². The van der Waals surface area contributed by atoms with E-state index < -0.39 is 11.8 Å². The average Bonchev–Trinajstić information content (AvgIpc) is 2.70. The molecule has 2 rings (SSSR count). The fraction of sp³-hybridized carbons (Fsp3) is 0.100. The number of halogens is 2. The zero-order valence-electron chi connectivity index (χ0n) is 9.09. The molecule has 1 aromatic heterocycles. The predicted octanol–water partition coefficient (Wildman–Crippen LogP) is 2.21. The van der Waals surface area contributed by atoms with E-state index >= 15 is 0 Å². The number of carboxylic acids is 1. The fourth-order valence-corrected chi connectivity index (χ4v) is 1.74. The lowest BCUT2D eigenvalue weighted by Crippen LogP contribution is -2.01. The molecule has 18 heavy (non-hydrogen) atoms. The van der Waals surface area contributed by atoms with Crippen molar-refractivity contribution in [3.8, 4) is 11.8 Å². The van der Waals surface area contributed by atoms with Gasteiger partial charge in [0.2, 0.25) is 0 Å². The summed E-state index contributed by atoms with van der Waals surface area (Å²) in [4.78, 5) is 14.6. The molecule has 94 valence electrons. The molecule has 0 atom stereocenters. The molecule has 6 nitrogen and oxygen atoms in total. The number of aryl methyl sites for hydroxylation is 1. The van der Waals surface area contributed by atoms with Crippen molar-refractivity contribution in [3.63, 3.8) is 0 Å². The molecule has 0 bridgehead atoms. The van der Waals surface area contributed by atoms with E-state index in [0.717, 1.165) is 0 Å². The highest BCUT2D eigenvalue weighted by atomic mass is 79.9. The lowest BCUT2D eigenvalue weighted by atomic mass is 10.2. The van der Waals surface area contributed by atoms with Crippen molar-refractivity contribution < 1.29 is 19.0 Å². The molecule has 0 amide bonds. The Morgan fingerprint density at radius 1 is 1.56 bits per heavy atom. The van der Waals surface area contributed by atoms with Gasteiger partial charge in [0, 0.05) is 7.05 Å². The number of hydrogen-bond acceptors (Lipinski definition) is 4. The van der Waals surface area contributed by atoms with Gasteiger partial charge in [0.1, 0.15) is 6.33 Å². The minimum atomic E-state index is -1.23. The van der Waals surface area contributed by atoms with Crippen LogP contribution in [0.4, 0.5) is 4.39 Å². The van der Waals surface area contributed by atoms with E-state index in [1.807, 2.05) is 0 Å². The van der Waals surface area contributed by atoms with E-state index in [-0.39, 0.29) is 21.8 Å². The fourth-order valence-electron chi connectivity index (χ4n) is 1.24. The van der Waals surface area contributed by atoms with Gasteiger partial charge >= 0.3 is 12.0 Å². The molecule has 0 saturated heterocycles. The molecule has 2 aromatic rings. The van der Waals surface area contributed by atoms with Gasteiger partial charge < -0.3 is 9.84 Å². The van der Waals surface area contributed by atoms with Gasteiger partial charge in [0.15, 0.2) is 11.6 Å². The first kappa shape index (κ1) is 12.5. The van der Waals surface area contributed by atoms with Crippen LogP contribution in [0.15, 0.2) is 22.9 Å². The quantitative estimate of drug-likeness (QED) is 0.939. The van der Waals surface area contributed by atoms with Gasteiger partial charge in [-0.25, -0.2) is 9.18 Å². The maximum atomic E-state index is 13.8. The minimum absolute atomic E-state index is 0.0219. The molecular weight excluding hydrogens is 309 g/mol. The summed E-state index contributed by atoms with van der Waals surface area (Å²) in [7, 11) is 1.64. The second-order valence-electron chi connectivity index (χ2n) is 3.35.